The summed E-state index contributed by atoms with van der Waals surface area (Å²) in [7, 11) is 0. The molecule has 0 heterocycles. The van der Waals surface area contributed by atoms with E-state index in [1.165, 1.54) is 24.8 Å². The summed E-state index contributed by atoms with van der Waals surface area (Å²) in [5.74, 6) is 0.117. The van der Waals surface area contributed by atoms with Crippen molar-refractivity contribution < 1.29 is 19.4 Å². The maximum Gasteiger partial charge on any atom is 0.338 e. The molecule has 168 valence electrons. The van der Waals surface area contributed by atoms with Gasteiger partial charge in [0.15, 0.2) is 0 Å². The van der Waals surface area contributed by atoms with Crippen LogP contribution in [-0.2, 0) is 11.2 Å². The lowest BCUT2D eigenvalue weighted by Crippen LogP contribution is -2.27. The molecule has 0 saturated heterocycles. The first-order chi connectivity index (χ1) is 15.4. The molecule has 0 N–H and O–H groups in total. The van der Waals surface area contributed by atoms with E-state index in [1.54, 1.807) is 0 Å². The maximum absolute atomic E-state index is 12.7. The summed E-state index contributed by atoms with van der Waals surface area (Å²) in [4.78, 5) is 33.5. The largest absolute Gasteiger partial charge is 0.462 e. The fraction of sp³-hybridized carbons (Fsp3) is 0.458. The van der Waals surface area contributed by atoms with E-state index in [0.717, 1.165) is 43.9 Å². The molecule has 2 aliphatic carbocycles. The molecule has 2 saturated carbocycles. The van der Waals surface area contributed by atoms with Crippen molar-refractivity contribution in [2.24, 2.45) is 17.3 Å². The number of hydrogen-bond acceptors (Lipinski definition) is 6. The standard InChI is InChI=1S/C24H26N2O6/c27-23(18-12-21(25(28)29)14-22(13-18)26(30)31)32-16-20(10-9-17-6-2-1-3-7-17)24-11-5-4-8-19(24)15-24/h1-3,6-7,12-14,19-20H,4-5,8-11,15-16H2/t19-,20+,24-/m1/s1. The Kier molecular flexibility index (Phi) is 6.21. The van der Waals surface area contributed by atoms with Gasteiger partial charge >= 0.3 is 5.97 Å². The number of aryl methyl sites for hydroxylation is 1. The fourth-order valence-corrected chi connectivity index (χ4v) is 5.35. The lowest BCUT2D eigenvalue weighted by molar-refractivity contribution is -0.394. The van der Waals surface area contributed by atoms with Gasteiger partial charge in [-0.3, -0.25) is 20.2 Å². The first-order valence-corrected chi connectivity index (χ1v) is 11.0. The van der Waals surface area contributed by atoms with E-state index in [0.29, 0.717) is 5.92 Å². The molecule has 0 aliphatic heterocycles. The van der Waals surface area contributed by atoms with Gasteiger partial charge in [-0.25, -0.2) is 4.79 Å². The van der Waals surface area contributed by atoms with Gasteiger partial charge in [-0.1, -0.05) is 43.2 Å². The number of esters is 1. The highest BCUT2D eigenvalue weighted by molar-refractivity contribution is 5.91. The van der Waals surface area contributed by atoms with E-state index in [2.05, 4.69) is 12.1 Å². The van der Waals surface area contributed by atoms with Crippen LogP contribution >= 0.6 is 0 Å². The Balaban J connectivity index is 1.48. The molecule has 0 aromatic heterocycles. The van der Waals surface area contributed by atoms with Crippen molar-refractivity contribution >= 4 is 17.3 Å². The highest BCUT2D eigenvalue weighted by atomic mass is 16.6. The number of carbonyl (C=O) groups is 1. The fourth-order valence-electron chi connectivity index (χ4n) is 5.35. The Labute approximate surface area is 185 Å². The molecular formula is C24H26N2O6. The lowest BCUT2D eigenvalue weighted by atomic mass is 9.76. The molecule has 8 nitrogen and oxygen atoms in total. The molecule has 2 aromatic carbocycles. The monoisotopic (exact) mass is 438 g/mol. The number of benzene rings is 2. The van der Waals surface area contributed by atoms with E-state index in [-0.39, 0.29) is 23.5 Å². The minimum Gasteiger partial charge on any atom is -0.462 e. The zero-order chi connectivity index (χ0) is 22.7. The number of fused-ring (bicyclic) bond motifs is 1. The van der Waals surface area contributed by atoms with Crippen LogP contribution in [0.5, 0.6) is 0 Å². The first-order valence-electron chi connectivity index (χ1n) is 11.0. The van der Waals surface area contributed by atoms with Gasteiger partial charge in [-0.15, -0.1) is 0 Å². The van der Waals surface area contributed by atoms with Crippen LogP contribution in [0.3, 0.4) is 0 Å². The van der Waals surface area contributed by atoms with E-state index >= 15 is 0 Å². The SMILES string of the molecule is O=C(OC[C@H](CCc1ccccc1)[C@@]12CCCC[C@@H]1C2)c1cc([N+](=O)[O-])cc([N+](=O)[O-])c1. The Morgan fingerprint density at radius 2 is 1.75 bits per heavy atom. The van der Waals surface area contributed by atoms with Gasteiger partial charge in [-0.05, 0) is 54.9 Å². The van der Waals surface area contributed by atoms with Crippen LogP contribution in [0, 0.1) is 37.5 Å². The normalized spacial score (nSPS) is 22.4. The molecule has 0 unspecified atom stereocenters. The van der Waals surface area contributed by atoms with Gasteiger partial charge in [0, 0.05) is 12.1 Å². The topological polar surface area (TPSA) is 113 Å². The number of hydrogen-bond donors (Lipinski definition) is 0. The summed E-state index contributed by atoms with van der Waals surface area (Å²) in [5.41, 5.74) is 0.283. The zero-order valence-corrected chi connectivity index (χ0v) is 17.8. The molecule has 2 fully saturated rings. The van der Waals surface area contributed by atoms with Gasteiger partial charge in [0.1, 0.15) is 0 Å². The Morgan fingerprint density at radius 1 is 1.06 bits per heavy atom. The average molecular weight is 438 g/mol. The van der Waals surface area contributed by atoms with Crippen LogP contribution in [0.2, 0.25) is 0 Å². The van der Waals surface area contributed by atoms with Crippen LogP contribution < -0.4 is 0 Å². The van der Waals surface area contributed by atoms with Gasteiger partial charge in [0.05, 0.1) is 28.1 Å². The third kappa shape index (κ3) is 4.64. The predicted octanol–water partition coefficient (Wildman–Crippen LogP) is 5.49. The van der Waals surface area contributed by atoms with Crippen molar-refractivity contribution in [2.45, 2.75) is 44.9 Å². The number of nitro groups is 2. The molecule has 32 heavy (non-hydrogen) atoms. The second kappa shape index (κ2) is 9.06. The Morgan fingerprint density at radius 3 is 2.38 bits per heavy atom. The van der Waals surface area contributed by atoms with Crippen molar-refractivity contribution in [2.75, 3.05) is 6.61 Å². The summed E-state index contributed by atoms with van der Waals surface area (Å²) in [6, 6.07) is 13.1. The molecule has 2 aromatic rings. The maximum atomic E-state index is 12.7. The van der Waals surface area contributed by atoms with Crippen LogP contribution in [0.15, 0.2) is 48.5 Å². The molecular weight excluding hydrogens is 412 g/mol. The van der Waals surface area contributed by atoms with Crippen molar-refractivity contribution in [3.05, 3.63) is 79.9 Å². The van der Waals surface area contributed by atoms with Crippen LogP contribution in [0.4, 0.5) is 11.4 Å². The zero-order valence-electron chi connectivity index (χ0n) is 17.8. The smallest absolute Gasteiger partial charge is 0.338 e. The number of nitrogens with zero attached hydrogens (tertiary/aromatic N) is 2. The molecule has 0 bridgehead atoms. The number of ether oxygens (including phenoxy) is 1. The number of rotatable bonds is 9. The molecule has 0 spiro atoms. The summed E-state index contributed by atoms with van der Waals surface area (Å²) in [6.07, 6.45) is 7.72. The molecule has 4 rings (SSSR count). The molecule has 0 amide bonds. The lowest BCUT2D eigenvalue weighted by Gasteiger charge is -2.31. The van der Waals surface area contributed by atoms with Crippen LogP contribution in [0.25, 0.3) is 0 Å². The van der Waals surface area contributed by atoms with Gasteiger partial charge in [0.25, 0.3) is 11.4 Å². The molecule has 2 aliphatic rings. The molecule has 0 radical (unpaired) electrons. The molecule has 8 heteroatoms. The third-order valence-electron chi connectivity index (χ3n) is 7.14. The average Bonchev–Trinajstić information content (AvgIpc) is 3.55. The summed E-state index contributed by atoms with van der Waals surface area (Å²) < 4.78 is 5.61. The van der Waals surface area contributed by atoms with Crippen molar-refractivity contribution in [3.63, 3.8) is 0 Å². The third-order valence-corrected chi connectivity index (χ3v) is 7.14. The Bertz CT molecular complexity index is 992. The van der Waals surface area contributed by atoms with E-state index < -0.39 is 27.2 Å². The van der Waals surface area contributed by atoms with E-state index in [9.17, 15) is 25.0 Å². The second-order valence-corrected chi connectivity index (χ2v) is 8.95. The highest BCUT2D eigenvalue weighted by Gasteiger charge is 2.58. The quantitative estimate of drug-likeness (QED) is 0.291. The van der Waals surface area contributed by atoms with Crippen LogP contribution in [-0.4, -0.2) is 22.4 Å². The second-order valence-electron chi connectivity index (χ2n) is 8.95. The minimum atomic E-state index is -0.758. The predicted molar refractivity (Wildman–Crippen MR) is 117 cm³/mol. The van der Waals surface area contributed by atoms with Gasteiger partial charge in [0.2, 0.25) is 0 Å². The number of carbonyl (C=O) groups excluding carboxylic acids is 1. The van der Waals surface area contributed by atoms with E-state index in [4.69, 9.17) is 4.74 Å². The first kappa shape index (κ1) is 21.9. The van der Waals surface area contributed by atoms with Crippen molar-refractivity contribution in [3.8, 4) is 0 Å². The van der Waals surface area contributed by atoms with E-state index in [1.807, 2.05) is 18.2 Å². The summed E-state index contributed by atoms with van der Waals surface area (Å²) in [5, 5.41) is 22.2. The highest BCUT2D eigenvalue weighted by Crippen LogP contribution is 2.66. The molecule has 3 atom stereocenters. The minimum absolute atomic E-state index is 0.166. The van der Waals surface area contributed by atoms with Crippen molar-refractivity contribution in [1.82, 2.24) is 0 Å². The van der Waals surface area contributed by atoms with Crippen molar-refractivity contribution in [1.29, 1.82) is 0 Å². The van der Waals surface area contributed by atoms with Gasteiger partial charge < -0.3 is 4.74 Å². The Hall–Kier alpha value is -3.29. The number of non-ortho nitro benzene ring substituents is 2. The number of nitro benzene ring substituents is 2. The van der Waals surface area contributed by atoms with Crippen LogP contribution in [0.1, 0.15) is 54.4 Å². The van der Waals surface area contributed by atoms with Gasteiger partial charge in [-0.2, -0.15) is 0 Å². The summed E-state index contributed by atoms with van der Waals surface area (Å²) >= 11 is 0. The summed E-state index contributed by atoms with van der Waals surface area (Å²) in [6.45, 7) is 0.221.